The topological polar surface area (TPSA) is 70.3 Å². The average Bonchev–Trinajstić information content (AvgIpc) is 2.38. The lowest BCUT2D eigenvalue weighted by molar-refractivity contribution is 0.0583. The van der Waals surface area contributed by atoms with E-state index in [0.717, 1.165) is 17.4 Å². The van der Waals surface area contributed by atoms with Crippen LogP contribution in [-0.4, -0.2) is 22.2 Å². The number of aromatic nitrogens is 2. The summed E-state index contributed by atoms with van der Waals surface area (Å²) in [4.78, 5) is 35.5. The van der Waals surface area contributed by atoms with Crippen molar-refractivity contribution in [3.63, 3.8) is 0 Å². The van der Waals surface area contributed by atoms with E-state index in [-0.39, 0.29) is 9.26 Å². The molecule has 0 radical (unpaired) electrons. The summed E-state index contributed by atoms with van der Waals surface area (Å²) in [6.45, 7) is 2.37. The third-order valence-electron chi connectivity index (χ3n) is 2.60. The number of unbranched alkanes of at least 4 members (excludes halogenated alkanes) is 1. The van der Waals surface area contributed by atoms with Crippen molar-refractivity contribution in [2.24, 2.45) is 7.05 Å². The summed E-state index contributed by atoms with van der Waals surface area (Å²) in [5.74, 6) is -0.662. The second-order valence-electron chi connectivity index (χ2n) is 3.81. The summed E-state index contributed by atoms with van der Waals surface area (Å²) in [7, 11) is 2.63. The first kappa shape index (κ1) is 14.9. The lowest BCUT2D eigenvalue weighted by Gasteiger charge is -2.13. The number of halogens is 1. The zero-order valence-electron chi connectivity index (χ0n) is 10.5. The van der Waals surface area contributed by atoms with Gasteiger partial charge in [-0.1, -0.05) is 13.3 Å². The van der Waals surface area contributed by atoms with Crippen LogP contribution >= 0.6 is 22.6 Å². The van der Waals surface area contributed by atoms with Gasteiger partial charge in [-0.15, -0.1) is 0 Å². The minimum Gasteiger partial charge on any atom is -0.464 e. The van der Waals surface area contributed by atoms with Gasteiger partial charge in [0.2, 0.25) is 0 Å². The molecule has 100 valence electrons. The van der Waals surface area contributed by atoms with E-state index in [9.17, 15) is 14.4 Å². The number of hydrogen-bond acceptors (Lipinski definition) is 4. The molecule has 0 unspecified atom stereocenters. The summed E-state index contributed by atoms with van der Waals surface area (Å²) in [6.07, 6.45) is 1.63. The molecule has 0 aliphatic rings. The maximum atomic E-state index is 12.0. The molecule has 18 heavy (non-hydrogen) atoms. The van der Waals surface area contributed by atoms with E-state index in [1.165, 1.54) is 18.7 Å². The average molecular weight is 366 g/mol. The van der Waals surface area contributed by atoms with Crippen LogP contribution in [0.2, 0.25) is 0 Å². The van der Waals surface area contributed by atoms with Crippen LogP contribution < -0.4 is 11.2 Å². The first-order valence-corrected chi connectivity index (χ1v) is 6.61. The van der Waals surface area contributed by atoms with Crippen LogP contribution in [0.3, 0.4) is 0 Å². The van der Waals surface area contributed by atoms with E-state index >= 15 is 0 Å². The summed E-state index contributed by atoms with van der Waals surface area (Å²) in [5, 5.41) is 0. The van der Waals surface area contributed by atoms with Gasteiger partial charge in [0, 0.05) is 13.6 Å². The Morgan fingerprint density at radius 3 is 2.50 bits per heavy atom. The van der Waals surface area contributed by atoms with E-state index in [0.29, 0.717) is 6.54 Å². The van der Waals surface area contributed by atoms with Crippen LogP contribution in [-0.2, 0) is 18.3 Å². The first-order chi connectivity index (χ1) is 8.45. The number of esters is 1. The molecule has 0 bridgehead atoms. The lowest BCUT2D eigenvalue weighted by Crippen LogP contribution is -2.43. The van der Waals surface area contributed by atoms with Gasteiger partial charge in [0.15, 0.2) is 5.69 Å². The maximum absolute atomic E-state index is 12.0. The number of ether oxygens (including phenoxy) is 1. The fourth-order valence-electron chi connectivity index (χ4n) is 1.55. The van der Waals surface area contributed by atoms with Gasteiger partial charge < -0.3 is 4.74 Å². The molecule has 0 aromatic carbocycles. The Morgan fingerprint density at radius 2 is 2.00 bits per heavy atom. The van der Waals surface area contributed by atoms with Gasteiger partial charge in [-0.3, -0.25) is 13.9 Å². The molecule has 0 N–H and O–H groups in total. The highest BCUT2D eigenvalue weighted by atomic mass is 127. The number of carbonyl (C=O) groups is 1. The normalized spacial score (nSPS) is 10.4. The molecule has 1 aromatic rings. The summed E-state index contributed by atoms with van der Waals surface area (Å²) >= 11 is 1.77. The van der Waals surface area contributed by atoms with E-state index in [1.54, 1.807) is 22.6 Å². The molecule has 0 saturated carbocycles. The Labute approximate surface area is 118 Å². The zero-order chi connectivity index (χ0) is 13.9. The van der Waals surface area contributed by atoms with Crippen LogP contribution in [0.25, 0.3) is 0 Å². The third kappa shape index (κ3) is 2.65. The predicted molar refractivity (Wildman–Crippen MR) is 74.9 cm³/mol. The molecule has 1 heterocycles. The molecule has 1 rings (SSSR count). The van der Waals surface area contributed by atoms with Crippen molar-refractivity contribution >= 4 is 28.6 Å². The zero-order valence-corrected chi connectivity index (χ0v) is 12.7. The molecule has 0 saturated heterocycles. The van der Waals surface area contributed by atoms with Gasteiger partial charge in [0.05, 0.1) is 7.11 Å². The first-order valence-electron chi connectivity index (χ1n) is 5.53. The lowest BCUT2D eigenvalue weighted by atomic mass is 10.3. The van der Waals surface area contributed by atoms with Crippen LogP contribution in [0.15, 0.2) is 9.59 Å². The van der Waals surface area contributed by atoms with E-state index in [4.69, 9.17) is 0 Å². The standard InChI is InChI=1S/C11H15IN2O4/c1-4-5-6-14-8(10(16)18-3)7(12)9(15)13(2)11(14)17/h4-6H2,1-3H3. The Balaban J connectivity index is 3.59. The van der Waals surface area contributed by atoms with Crippen molar-refractivity contribution in [2.45, 2.75) is 26.3 Å². The molecule has 0 fully saturated rings. The van der Waals surface area contributed by atoms with E-state index < -0.39 is 17.2 Å². The van der Waals surface area contributed by atoms with Gasteiger partial charge in [-0.25, -0.2) is 9.59 Å². The summed E-state index contributed by atoms with van der Waals surface area (Å²) in [5.41, 5.74) is -0.928. The highest BCUT2D eigenvalue weighted by Crippen LogP contribution is 2.08. The number of hydrogen-bond donors (Lipinski definition) is 0. The SMILES string of the molecule is CCCCn1c(C(=O)OC)c(I)c(=O)n(C)c1=O. The molecular weight excluding hydrogens is 351 g/mol. The Kier molecular flexibility index (Phi) is 5.12. The second kappa shape index (κ2) is 6.17. The maximum Gasteiger partial charge on any atom is 0.356 e. The summed E-state index contributed by atoms with van der Waals surface area (Å²) < 4.78 is 7.15. The van der Waals surface area contributed by atoms with Crippen LogP contribution in [0.1, 0.15) is 30.3 Å². The van der Waals surface area contributed by atoms with Crippen LogP contribution in [0.5, 0.6) is 0 Å². The molecule has 7 heteroatoms. The number of carbonyl (C=O) groups excluding carboxylic acids is 1. The Bertz CT molecular complexity index is 574. The second-order valence-corrected chi connectivity index (χ2v) is 4.88. The molecule has 1 aromatic heterocycles. The summed E-state index contributed by atoms with van der Waals surface area (Å²) in [6, 6.07) is 0. The van der Waals surface area contributed by atoms with Crippen molar-refractivity contribution in [3.05, 3.63) is 30.1 Å². The predicted octanol–water partition coefficient (Wildman–Crippen LogP) is 0.738. The fraction of sp³-hybridized carbons (Fsp3) is 0.545. The van der Waals surface area contributed by atoms with Crippen molar-refractivity contribution < 1.29 is 9.53 Å². The largest absolute Gasteiger partial charge is 0.464 e. The highest BCUT2D eigenvalue weighted by Gasteiger charge is 2.21. The van der Waals surface area contributed by atoms with Gasteiger partial charge in [-0.05, 0) is 29.0 Å². The van der Waals surface area contributed by atoms with E-state index in [1.807, 2.05) is 6.92 Å². The van der Waals surface area contributed by atoms with Crippen LogP contribution in [0, 0.1) is 3.57 Å². The fourth-order valence-corrected chi connectivity index (χ4v) is 2.42. The Hall–Kier alpha value is -1.12. The minimum absolute atomic E-state index is 0.0413. The molecule has 0 atom stereocenters. The number of methoxy groups -OCH3 is 1. The van der Waals surface area contributed by atoms with Crippen molar-refractivity contribution in [1.29, 1.82) is 0 Å². The monoisotopic (exact) mass is 366 g/mol. The van der Waals surface area contributed by atoms with Gasteiger partial charge >= 0.3 is 11.7 Å². The molecule has 0 amide bonds. The van der Waals surface area contributed by atoms with Crippen molar-refractivity contribution in [2.75, 3.05) is 7.11 Å². The quantitative estimate of drug-likeness (QED) is 0.582. The molecule has 0 aliphatic carbocycles. The number of rotatable bonds is 4. The minimum atomic E-state index is -0.662. The van der Waals surface area contributed by atoms with Gasteiger partial charge in [0.25, 0.3) is 5.56 Å². The van der Waals surface area contributed by atoms with Crippen molar-refractivity contribution in [3.8, 4) is 0 Å². The molecule has 0 aliphatic heterocycles. The molecule has 6 nitrogen and oxygen atoms in total. The number of nitrogens with zero attached hydrogens (tertiary/aromatic N) is 2. The highest BCUT2D eigenvalue weighted by molar-refractivity contribution is 14.1. The van der Waals surface area contributed by atoms with Gasteiger partial charge in [0.1, 0.15) is 3.57 Å². The van der Waals surface area contributed by atoms with Gasteiger partial charge in [-0.2, -0.15) is 0 Å². The third-order valence-corrected chi connectivity index (χ3v) is 3.57. The van der Waals surface area contributed by atoms with Crippen LogP contribution in [0.4, 0.5) is 0 Å². The van der Waals surface area contributed by atoms with Crippen molar-refractivity contribution in [1.82, 2.24) is 9.13 Å². The smallest absolute Gasteiger partial charge is 0.356 e. The molecule has 0 spiro atoms. The Morgan fingerprint density at radius 1 is 1.39 bits per heavy atom. The molecular formula is C11H15IN2O4. The van der Waals surface area contributed by atoms with E-state index in [2.05, 4.69) is 4.74 Å².